The number of aryl methyl sites for hydroxylation is 1. The van der Waals surface area contributed by atoms with Gasteiger partial charge in [-0.1, -0.05) is 78.4 Å². The Morgan fingerprint density at radius 1 is 0.508 bits per heavy atom. The third-order valence-corrected chi connectivity index (χ3v) is 9.90. The fourth-order valence-electron chi connectivity index (χ4n) is 6.60. The highest BCUT2D eigenvalue weighted by Crippen LogP contribution is 2.37. The van der Waals surface area contributed by atoms with Gasteiger partial charge in [0.15, 0.2) is 0 Å². The number of unbranched alkanes of at least 4 members (excludes halogenated alkanes) is 3. The van der Waals surface area contributed by atoms with E-state index in [9.17, 15) is 14.4 Å². The van der Waals surface area contributed by atoms with E-state index in [1.165, 1.54) is 6.92 Å². The van der Waals surface area contributed by atoms with E-state index in [0.29, 0.717) is 53.7 Å². The van der Waals surface area contributed by atoms with Gasteiger partial charge < -0.3 is 19.5 Å². The summed E-state index contributed by atoms with van der Waals surface area (Å²) in [5.41, 5.74) is 6.70. The molecule has 61 heavy (non-hydrogen) atoms. The molecular weight excluding hydrogens is 767 g/mol. The largest absolute Gasteiger partial charge is 0.466 e. The Morgan fingerprint density at radius 2 is 1.02 bits per heavy atom. The summed E-state index contributed by atoms with van der Waals surface area (Å²) in [5, 5.41) is 25.6. The summed E-state index contributed by atoms with van der Waals surface area (Å²) in [6, 6.07) is 45.2. The predicted molar refractivity (Wildman–Crippen MR) is 238 cm³/mol. The third kappa shape index (κ3) is 11.4. The summed E-state index contributed by atoms with van der Waals surface area (Å²) in [4.78, 5) is 35.9. The van der Waals surface area contributed by atoms with Crippen LogP contribution < -0.4 is 10.1 Å². The van der Waals surface area contributed by atoms with Crippen LogP contribution in [0.4, 0.5) is 28.4 Å². The molecule has 0 heterocycles. The highest BCUT2D eigenvalue weighted by atomic mass is 16.5. The van der Waals surface area contributed by atoms with Gasteiger partial charge in [0.2, 0.25) is 0 Å². The highest BCUT2D eigenvalue weighted by molar-refractivity contribution is 6.02. The minimum absolute atomic E-state index is 0.272. The second kappa shape index (κ2) is 20.4. The maximum atomic E-state index is 12.5. The molecule has 0 amide bonds. The fraction of sp³-hybridized carbons (Fsp3) is 0.180. The summed E-state index contributed by atoms with van der Waals surface area (Å²) >= 11 is 0. The first-order valence-electron chi connectivity index (χ1n) is 20.2. The second-order valence-electron chi connectivity index (χ2n) is 14.4. The molecule has 11 heteroatoms. The van der Waals surface area contributed by atoms with Gasteiger partial charge in [-0.05, 0) is 111 Å². The van der Waals surface area contributed by atoms with Crippen molar-refractivity contribution < 1.29 is 28.6 Å². The van der Waals surface area contributed by atoms with E-state index in [2.05, 4.69) is 21.6 Å². The highest BCUT2D eigenvalue weighted by Gasteiger charge is 2.11. The van der Waals surface area contributed by atoms with E-state index in [-0.39, 0.29) is 11.9 Å². The lowest BCUT2D eigenvalue weighted by molar-refractivity contribution is -0.141. The van der Waals surface area contributed by atoms with Gasteiger partial charge in [-0.2, -0.15) is 5.11 Å². The van der Waals surface area contributed by atoms with Crippen LogP contribution >= 0.6 is 0 Å². The van der Waals surface area contributed by atoms with Gasteiger partial charge in [-0.25, -0.2) is 9.59 Å². The van der Waals surface area contributed by atoms with Gasteiger partial charge >= 0.3 is 17.9 Å². The first kappa shape index (κ1) is 41.6. The van der Waals surface area contributed by atoms with Crippen LogP contribution in [0.25, 0.3) is 21.5 Å². The number of carbonyl (C=O) groups is 3. The number of anilines is 1. The quantitative estimate of drug-likeness (QED) is 0.0418. The number of hydrogen-bond donors (Lipinski definition) is 1. The van der Waals surface area contributed by atoms with Crippen molar-refractivity contribution in [2.45, 2.75) is 46.1 Å². The van der Waals surface area contributed by atoms with Gasteiger partial charge in [-0.3, -0.25) is 4.79 Å². The van der Waals surface area contributed by atoms with Crippen molar-refractivity contribution in [1.82, 2.24) is 0 Å². The van der Waals surface area contributed by atoms with Crippen LogP contribution in [0.1, 0.15) is 64.4 Å². The first-order chi connectivity index (χ1) is 29.8. The zero-order valence-electron chi connectivity index (χ0n) is 34.0. The van der Waals surface area contributed by atoms with Crippen molar-refractivity contribution in [3.63, 3.8) is 0 Å². The number of benzene rings is 7. The lowest BCUT2D eigenvalue weighted by Gasteiger charge is -2.12. The summed E-state index contributed by atoms with van der Waals surface area (Å²) in [6.07, 6.45) is 3.32. The number of hydrogen-bond acceptors (Lipinski definition) is 11. The molecule has 11 nitrogen and oxygen atoms in total. The molecule has 7 rings (SSSR count). The molecule has 1 N–H and O–H groups in total. The number of nitrogens with zero attached hydrogens (tertiary/aromatic N) is 4. The van der Waals surface area contributed by atoms with E-state index in [0.717, 1.165) is 69.7 Å². The van der Waals surface area contributed by atoms with Crippen LogP contribution in [0.3, 0.4) is 0 Å². The molecule has 0 spiro atoms. The van der Waals surface area contributed by atoms with Crippen molar-refractivity contribution in [3.05, 3.63) is 168 Å². The molecule has 7 aromatic rings. The summed E-state index contributed by atoms with van der Waals surface area (Å²) in [6.45, 7) is 4.68. The van der Waals surface area contributed by atoms with Crippen LogP contribution in [0.2, 0.25) is 0 Å². The number of carbonyl (C=O) groups excluding carboxylic acids is 3. The van der Waals surface area contributed by atoms with E-state index in [1.54, 1.807) is 48.5 Å². The maximum Gasteiger partial charge on any atom is 0.343 e. The van der Waals surface area contributed by atoms with E-state index in [1.807, 2.05) is 97.9 Å². The molecule has 0 unspecified atom stereocenters. The summed E-state index contributed by atoms with van der Waals surface area (Å²) in [7, 11) is 0. The Labute approximate surface area is 354 Å². The van der Waals surface area contributed by atoms with Crippen LogP contribution in [-0.4, -0.2) is 31.1 Å². The Hall–Kier alpha value is -7.53. The first-order valence-corrected chi connectivity index (χ1v) is 20.2. The van der Waals surface area contributed by atoms with Gasteiger partial charge in [0, 0.05) is 40.7 Å². The van der Waals surface area contributed by atoms with Crippen LogP contribution in [-0.2, 0) is 20.8 Å². The zero-order chi connectivity index (χ0) is 42.4. The SMILES string of the molecule is CC(=O)OCCCCCCOC(=O)c1ccc(/N=N/c2ccc(/N=N/c3ccc(NCc4ccc(OC(=O)c5ccc(C)cc5)cc4)c4ccccc34)c3ccccc23)cc1. The van der Waals surface area contributed by atoms with Crippen LogP contribution in [0.15, 0.2) is 166 Å². The topological polar surface area (TPSA) is 140 Å². The van der Waals surface area contributed by atoms with Gasteiger partial charge in [0.05, 0.1) is 47.1 Å². The number of nitrogens with one attached hydrogen (secondary N) is 1. The van der Waals surface area contributed by atoms with Gasteiger partial charge in [0.1, 0.15) is 5.75 Å². The lowest BCUT2D eigenvalue weighted by atomic mass is 10.1. The van der Waals surface area contributed by atoms with E-state index in [4.69, 9.17) is 24.4 Å². The van der Waals surface area contributed by atoms with Crippen molar-refractivity contribution >= 4 is 67.9 Å². The monoisotopic (exact) mass is 811 g/mol. The van der Waals surface area contributed by atoms with E-state index < -0.39 is 5.97 Å². The number of azo groups is 2. The molecule has 0 aliphatic heterocycles. The molecular formula is C50H45N5O6. The minimum Gasteiger partial charge on any atom is -0.466 e. The molecule has 306 valence electrons. The molecule has 0 bridgehead atoms. The average Bonchev–Trinajstić information content (AvgIpc) is 3.28. The number of ether oxygens (including phenoxy) is 3. The second-order valence-corrected chi connectivity index (χ2v) is 14.4. The van der Waals surface area contributed by atoms with Crippen molar-refractivity contribution in [3.8, 4) is 5.75 Å². The van der Waals surface area contributed by atoms with Crippen LogP contribution in [0, 0.1) is 6.92 Å². The summed E-state index contributed by atoms with van der Waals surface area (Å²) in [5.74, 6) is -0.566. The minimum atomic E-state index is -0.390. The Morgan fingerprint density at radius 3 is 1.62 bits per heavy atom. The molecule has 0 atom stereocenters. The van der Waals surface area contributed by atoms with E-state index >= 15 is 0 Å². The smallest absolute Gasteiger partial charge is 0.343 e. The number of rotatable bonds is 17. The van der Waals surface area contributed by atoms with Crippen LogP contribution in [0.5, 0.6) is 5.75 Å². The molecule has 0 aromatic heterocycles. The third-order valence-electron chi connectivity index (χ3n) is 9.90. The molecule has 0 saturated carbocycles. The molecule has 0 radical (unpaired) electrons. The van der Waals surface area contributed by atoms with Gasteiger partial charge in [0.25, 0.3) is 0 Å². The predicted octanol–water partition coefficient (Wildman–Crippen LogP) is 13.2. The zero-order valence-corrected chi connectivity index (χ0v) is 34.0. The fourth-order valence-corrected chi connectivity index (χ4v) is 6.60. The Balaban J connectivity index is 0.965. The number of esters is 3. The molecule has 0 aliphatic carbocycles. The van der Waals surface area contributed by atoms with Crippen molar-refractivity contribution in [2.24, 2.45) is 20.5 Å². The standard InChI is InChI=1S/C50H45N5O6/c1-34-15-19-38(20-16-34)50(58)61-40-25-17-36(18-26-40)33-51-45-27-28-47(42-12-6-5-11-41(42)45)54-55-48-30-29-46(43-13-7-8-14-44(43)48)53-52-39-23-21-37(22-24-39)49(57)60-32-10-4-3-9-31-59-35(2)56/h5-8,11-30,51H,3-4,9-10,31-33H2,1-2H3/b53-52+,55-54+. The lowest BCUT2D eigenvalue weighted by Crippen LogP contribution is -2.08. The van der Waals surface area contributed by atoms with Crippen molar-refractivity contribution in [2.75, 3.05) is 18.5 Å². The Bertz CT molecular complexity index is 2690. The Kier molecular flexibility index (Phi) is 13.9. The summed E-state index contributed by atoms with van der Waals surface area (Å²) < 4.78 is 15.9. The molecule has 7 aromatic carbocycles. The molecule has 0 aliphatic rings. The average molecular weight is 812 g/mol. The molecule has 0 fully saturated rings. The molecule has 0 saturated heterocycles. The number of fused-ring (bicyclic) bond motifs is 2. The van der Waals surface area contributed by atoms with Crippen molar-refractivity contribution in [1.29, 1.82) is 0 Å². The maximum absolute atomic E-state index is 12.5. The normalized spacial score (nSPS) is 11.3. The van der Waals surface area contributed by atoms with Gasteiger partial charge in [-0.15, -0.1) is 15.3 Å².